The summed E-state index contributed by atoms with van der Waals surface area (Å²) in [5, 5.41) is 4.67. The van der Waals surface area contributed by atoms with Crippen molar-refractivity contribution < 1.29 is 0 Å². The van der Waals surface area contributed by atoms with Crippen LogP contribution in [-0.4, -0.2) is 4.98 Å². The molecular weight excluding hydrogens is 184 g/mol. The Labute approximate surface area is 89.0 Å². The van der Waals surface area contributed by atoms with Crippen LogP contribution in [0, 0.1) is 0 Å². The molecule has 76 valence electrons. The number of H-pyrrole nitrogens is 1. The molecule has 3 rings (SSSR count). The second-order valence-corrected chi connectivity index (χ2v) is 4.56. The number of hydrogen-bond acceptors (Lipinski definition) is 1. The standard InChI is InChI=1S/C13H14N2/c1-13(2)12-10(7-8-14-13)9-5-3-4-6-11(9)15-12/h3-8,14-15H,1-2H3. The number of rotatable bonds is 0. The molecule has 2 heteroatoms. The van der Waals surface area contributed by atoms with E-state index in [1.165, 1.54) is 22.2 Å². The van der Waals surface area contributed by atoms with Crippen molar-refractivity contribution in [3.63, 3.8) is 0 Å². The molecule has 15 heavy (non-hydrogen) atoms. The molecule has 2 nitrogen and oxygen atoms in total. The van der Waals surface area contributed by atoms with Crippen LogP contribution in [0.4, 0.5) is 0 Å². The van der Waals surface area contributed by atoms with Gasteiger partial charge in [0.1, 0.15) is 0 Å². The Bertz CT molecular complexity index is 547. The second kappa shape index (κ2) is 2.66. The van der Waals surface area contributed by atoms with Crippen LogP contribution in [0.3, 0.4) is 0 Å². The minimum absolute atomic E-state index is 0.0108. The third kappa shape index (κ3) is 1.11. The first kappa shape index (κ1) is 8.60. The number of para-hydroxylation sites is 1. The van der Waals surface area contributed by atoms with Gasteiger partial charge in [-0.05, 0) is 32.2 Å². The Morgan fingerprint density at radius 3 is 2.80 bits per heavy atom. The molecule has 2 heterocycles. The zero-order valence-electron chi connectivity index (χ0n) is 8.96. The Hall–Kier alpha value is -1.70. The van der Waals surface area contributed by atoms with E-state index in [2.05, 4.69) is 54.5 Å². The largest absolute Gasteiger partial charge is 0.380 e. The maximum Gasteiger partial charge on any atom is 0.0718 e. The van der Waals surface area contributed by atoms with E-state index in [1.54, 1.807) is 0 Å². The number of hydrogen-bond donors (Lipinski definition) is 2. The maximum absolute atomic E-state index is 3.49. The molecule has 0 atom stereocenters. The van der Waals surface area contributed by atoms with E-state index in [9.17, 15) is 0 Å². The fourth-order valence-electron chi connectivity index (χ4n) is 2.24. The highest BCUT2D eigenvalue weighted by Crippen LogP contribution is 2.33. The molecule has 1 aromatic heterocycles. The lowest BCUT2D eigenvalue weighted by molar-refractivity contribution is 0.450. The van der Waals surface area contributed by atoms with Gasteiger partial charge in [-0.25, -0.2) is 0 Å². The van der Waals surface area contributed by atoms with Crippen LogP contribution < -0.4 is 5.32 Å². The first-order valence-electron chi connectivity index (χ1n) is 5.24. The van der Waals surface area contributed by atoms with E-state index in [0.29, 0.717) is 0 Å². The van der Waals surface area contributed by atoms with Crippen LogP contribution in [0.15, 0.2) is 30.5 Å². The van der Waals surface area contributed by atoms with Gasteiger partial charge in [-0.1, -0.05) is 18.2 Å². The number of benzene rings is 1. The summed E-state index contributed by atoms with van der Waals surface area (Å²) in [5.74, 6) is 0. The molecule has 0 unspecified atom stereocenters. The van der Waals surface area contributed by atoms with E-state index < -0.39 is 0 Å². The van der Waals surface area contributed by atoms with Crippen molar-refractivity contribution in [2.24, 2.45) is 0 Å². The third-order valence-corrected chi connectivity index (χ3v) is 3.07. The van der Waals surface area contributed by atoms with Crippen LogP contribution >= 0.6 is 0 Å². The molecule has 1 aliphatic heterocycles. The summed E-state index contributed by atoms with van der Waals surface area (Å²) in [6.07, 6.45) is 4.17. The van der Waals surface area contributed by atoms with Crippen molar-refractivity contribution in [1.82, 2.24) is 10.3 Å². The highest BCUT2D eigenvalue weighted by Gasteiger charge is 2.27. The molecule has 0 saturated carbocycles. The molecule has 2 N–H and O–H groups in total. The monoisotopic (exact) mass is 198 g/mol. The van der Waals surface area contributed by atoms with Crippen molar-refractivity contribution >= 4 is 17.0 Å². The van der Waals surface area contributed by atoms with Crippen LogP contribution in [-0.2, 0) is 5.54 Å². The average molecular weight is 198 g/mol. The minimum atomic E-state index is -0.0108. The lowest BCUT2D eigenvalue weighted by Crippen LogP contribution is -2.35. The topological polar surface area (TPSA) is 27.8 Å². The first-order valence-corrected chi connectivity index (χ1v) is 5.24. The van der Waals surface area contributed by atoms with E-state index in [0.717, 1.165) is 0 Å². The summed E-state index contributed by atoms with van der Waals surface area (Å²) in [4.78, 5) is 3.49. The van der Waals surface area contributed by atoms with Gasteiger partial charge in [-0.2, -0.15) is 0 Å². The number of fused-ring (bicyclic) bond motifs is 3. The summed E-state index contributed by atoms with van der Waals surface area (Å²) in [6, 6.07) is 8.43. The molecule has 2 aromatic rings. The van der Waals surface area contributed by atoms with Gasteiger partial charge in [0.15, 0.2) is 0 Å². The van der Waals surface area contributed by atoms with Gasteiger partial charge in [-0.3, -0.25) is 0 Å². The van der Waals surface area contributed by atoms with Gasteiger partial charge in [0.05, 0.1) is 5.54 Å². The molecule has 0 radical (unpaired) electrons. The van der Waals surface area contributed by atoms with E-state index >= 15 is 0 Å². The summed E-state index contributed by atoms with van der Waals surface area (Å²) in [6.45, 7) is 4.37. The van der Waals surface area contributed by atoms with Crippen LogP contribution in [0.2, 0.25) is 0 Å². The maximum atomic E-state index is 3.49. The predicted octanol–water partition coefficient (Wildman–Crippen LogP) is 2.98. The van der Waals surface area contributed by atoms with Gasteiger partial charge in [0, 0.05) is 22.2 Å². The fraction of sp³-hybridized carbons (Fsp3) is 0.231. The molecule has 0 fully saturated rings. The lowest BCUT2D eigenvalue weighted by Gasteiger charge is -2.28. The number of aromatic nitrogens is 1. The van der Waals surface area contributed by atoms with Crippen molar-refractivity contribution in [2.45, 2.75) is 19.4 Å². The van der Waals surface area contributed by atoms with E-state index in [4.69, 9.17) is 0 Å². The molecule has 0 aliphatic carbocycles. The Kier molecular flexibility index (Phi) is 1.52. The van der Waals surface area contributed by atoms with Crippen molar-refractivity contribution in [3.05, 3.63) is 41.7 Å². The Balaban J connectivity index is 2.40. The van der Waals surface area contributed by atoms with Crippen LogP contribution in [0.5, 0.6) is 0 Å². The molecule has 1 aliphatic rings. The summed E-state index contributed by atoms with van der Waals surface area (Å²) in [5.41, 5.74) is 3.79. The Morgan fingerprint density at radius 2 is 1.93 bits per heavy atom. The minimum Gasteiger partial charge on any atom is -0.380 e. The van der Waals surface area contributed by atoms with Crippen LogP contribution in [0.25, 0.3) is 17.0 Å². The lowest BCUT2D eigenvalue weighted by atomic mass is 9.93. The first-order chi connectivity index (χ1) is 7.18. The van der Waals surface area contributed by atoms with Crippen molar-refractivity contribution in [3.8, 4) is 0 Å². The number of aromatic amines is 1. The molecule has 0 amide bonds. The zero-order valence-corrected chi connectivity index (χ0v) is 8.96. The van der Waals surface area contributed by atoms with Crippen molar-refractivity contribution in [2.75, 3.05) is 0 Å². The van der Waals surface area contributed by atoms with E-state index in [1.807, 2.05) is 6.20 Å². The SMILES string of the molecule is CC1(C)NC=Cc2c1[nH]c1ccccc21. The Morgan fingerprint density at radius 1 is 1.13 bits per heavy atom. The smallest absolute Gasteiger partial charge is 0.0718 e. The average Bonchev–Trinajstić information content (AvgIpc) is 2.58. The number of nitrogens with one attached hydrogen (secondary N) is 2. The van der Waals surface area contributed by atoms with Gasteiger partial charge in [0.2, 0.25) is 0 Å². The van der Waals surface area contributed by atoms with Gasteiger partial charge in [0.25, 0.3) is 0 Å². The van der Waals surface area contributed by atoms with E-state index in [-0.39, 0.29) is 5.54 Å². The molecular formula is C13H14N2. The predicted molar refractivity (Wildman–Crippen MR) is 63.5 cm³/mol. The quantitative estimate of drug-likeness (QED) is 0.669. The molecule has 0 saturated heterocycles. The summed E-state index contributed by atoms with van der Waals surface area (Å²) in [7, 11) is 0. The second-order valence-electron chi connectivity index (χ2n) is 4.56. The van der Waals surface area contributed by atoms with Crippen LogP contribution in [0.1, 0.15) is 25.1 Å². The van der Waals surface area contributed by atoms with Gasteiger partial charge >= 0.3 is 0 Å². The van der Waals surface area contributed by atoms with Gasteiger partial charge in [-0.15, -0.1) is 0 Å². The highest BCUT2D eigenvalue weighted by atomic mass is 15.0. The summed E-state index contributed by atoms with van der Waals surface area (Å²) < 4.78 is 0. The van der Waals surface area contributed by atoms with Gasteiger partial charge < -0.3 is 10.3 Å². The fourth-order valence-corrected chi connectivity index (χ4v) is 2.24. The third-order valence-electron chi connectivity index (χ3n) is 3.07. The zero-order chi connectivity index (χ0) is 10.5. The molecule has 1 aromatic carbocycles. The molecule has 0 bridgehead atoms. The highest BCUT2D eigenvalue weighted by molar-refractivity contribution is 5.91. The van der Waals surface area contributed by atoms with Crippen molar-refractivity contribution in [1.29, 1.82) is 0 Å². The normalized spacial score (nSPS) is 17.5. The summed E-state index contributed by atoms with van der Waals surface area (Å²) >= 11 is 0. The molecule has 0 spiro atoms.